The number of hydrogen-bond donors (Lipinski definition) is 2. The fourth-order valence-electron chi connectivity index (χ4n) is 2.61. The minimum Gasteiger partial charge on any atom is -0.310 e. The summed E-state index contributed by atoms with van der Waals surface area (Å²) in [5.41, 5.74) is -0.396. The summed E-state index contributed by atoms with van der Waals surface area (Å²) < 4.78 is 27.7. The quantitative estimate of drug-likeness (QED) is 0.506. The molecule has 5 nitrogen and oxygen atoms in total. The smallest absolute Gasteiger partial charge is 0.257 e. The number of carbonyl (C=O) groups is 1. The van der Waals surface area contributed by atoms with Crippen LogP contribution in [0.15, 0.2) is 40.8 Å². The molecule has 124 valence electrons. The summed E-state index contributed by atoms with van der Waals surface area (Å²) in [7, 11) is 0. The highest BCUT2D eigenvalue weighted by molar-refractivity contribution is 7.99. The number of H-pyrrole nitrogens is 1. The number of nitrogens with zero attached hydrogens (tertiary/aromatic N) is 1. The van der Waals surface area contributed by atoms with Crippen LogP contribution in [-0.2, 0) is 4.79 Å². The second-order valence-corrected chi connectivity index (χ2v) is 6.19. The largest absolute Gasteiger partial charge is 0.310 e. The standard InChI is InChI=1S/C16H13F2N3O2S/c1-2-6-24-16-20-14-12(15(23)21-16)9(7-11(22)19-14)8-4-3-5-10(17)13(8)18/h2-5,9H,1,6-7H2,(H2,19,20,21,22,23)/t9-/m0/s1. The molecule has 1 aromatic heterocycles. The first-order valence-electron chi connectivity index (χ1n) is 7.13. The predicted octanol–water partition coefficient (Wildman–Crippen LogP) is 2.80. The van der Waals surface area contributed by atoms with Crippen molar-refractivity contribution < 1.29 is 13.6 Å². The first kappa shape index (κ1) is 16.4. The van der Waals surface area contributed by atoms with E-state index in [2.05, 4.69) is 21.9 Å². The highest BCUT2D eigenvalue weighted by Crippen LogP contribution is 2.36. The molecule has 0 radical (unpaired) electrons. The average molecular weight is 349 g/mol. The van der Waals surface area contributed by atoms with Crippen molar-refractivity contribution in [1.29, 1.82) is 0 Å². The minimum atomic E-state index is -1.06. The summed E-state index contributed by atoms with van der Waals surface area (Å²) in [6, 6.07) is 3.70. The molecule has 1 amide bonds. The molecule has 0 spiro atoms. The molecular weight excluding hydrogens is 336 g/mol. The third-order valence-corrected chi connectivity index (χ3v) is 4.49. The van der Waals surface area contributed by atoms with Crippen molar-refractivity contribution in [2.75, 3.05) is 11.1 Å². The molecular formula is C16H13F2N3O2S. The predicted molar refractivity (Wildman–Crippen MR) is 87.2 cm³/mol. The van der Waals surface area contributed by atoms with Crippen molar-refractivity contribution in [2.45, 2.75) is 17.5 Å². The Morgan fingerprint density at radius 1 is 1.38 bits per heavy atom. The van der Waals surface area contributed by atoms with Gasteiger partial charge in [0.25, 0.3) is 5.56 Å². The Morgan fingerprint density at radius 2 is 2.17 bits per heavy atom. The maximum Gasteiger partial charge on any atom is 0.257 e. The van der Waals surface area contributed by atoms with E-state index in [0.717, 1.165) is 6.07 Å². The number of halogens is 2. The Balaban J connectivity index is 2.13. The van der Waals surface area contributed by atoms with Gasteiger partial charge in [-0.05, 0) is 11.6 Å². The molecule has 2 N–H and O–H groups in total. The molecule has 2 aromatic rings. The van der Waals surface area contributed by atoms with Crippen LogP contribution in [0.5, 0.6) is 0 Å². The number of aromatic nitrogens is 2. The Labute approximate surface area is 140 Å². The van der Waals surface area contributed by atoms with Crippen molar-refractivity contribution in [3.63, 3.8) is 0 Å². The molecule has 0 bridgehead atoms. The molecule has 0 saturated carbocycles. The Kier molecular flexibility index (Phi) is 4.48. The number of hydrogen-bond acceptors (Lipinski definition) is 4. The van der Waals surface area contributed by atoms with Crippen molar-refractivity contribution in [3.05, 3.63) is 64.0 Å². The molecule has 1 aromatic carbocycles. The average Bonchev–Trinajstić information content (AvgIpc) is 2.54. The molecule has 2 heterocycles. The van der Waals surface area contributed by atoms with E-state index in [0.29, 0.717) is 10.9 Å². The van der Waals surface area contributed by atoms with Crippen LogP contribution in [0.25, 0.3) is 0 Å². The molecule has 8 heteroatoms. The number of thioether (sulfide) groups is 1. The molecule has 3 rings (SSSR count). The van der Waals surface area contributed by atoms with Crippen LogP contribution in [0, 0.1) is 11.6 Å². The molecule has 1 atom stereocenters. The number of fused-ring (bicyclic) bond motifs is 1. The number of benzene rings is 1. The fourth-order valence-corrected chi connectivity index (χ4v) is 3.21. The molecule has 1 aliphatic heterocycles. The second kappa shape index (κ2) is 6.56. The number of carbonyl (C=O) groups excluding carboxylic acids is 1. The maximum absolute atomic E-state index is 14.1. The molecule has 0 saturated heterocycles. The van der Waals surface area contributed by atoms with Crippen molar-refractivity contribution in [1.82, 2.24) is 9.97 Å². The first-order chi connectivity index (χ1) is 11.5. The highest BCUT2D eigenvalue weighted by Gasteiger charge is 2.33. The van der Waals surface area contributed by atoms with Crippen LogP contribution in [0.2, 0.25) is 0 Å². The normalized spacial score (nSPS) is 16.4. The molecule has 1 aliphatic rings. The fraction of sp³-hybridized carbons (Fsp3) is 0.188. The van der Waals surface area contributed by atoms with E-state index in [1.54, 1.807) is 6.08 Å². The third kappa shape index (κ3) is 2.96. The van der Waals surface area contributed by atoms with E-state index in [9.17, 15) is 18.4 Å². The second-order valence-electron chi connectivity index (χ2n) is 5.18. The number of anilines is 1. The van der Waals surface area contributed by atoms with Gasteiger partial charge < -0.3 is 10.3 Å². The lowest BCUT2D eigenvalue weighted by atomic mass is 9.86. The van der Waals surface area contributed by atoms with Crippen LogP contribution < -0.4 is 10.9 Å². The molecule has 0 unspecified atom stereocenters. The summed E-state index contributed by atoms with van der Waals surface area (Å²) in [5.74, 6) is -2.78. The van der Waals surface area contributed by atoms with E-state index >= 15 is 0 Å². The van der Waals surface area contributed by atoms with Gasteiger partial charge in [-0.3, -0.25) is 9.59 Å². The van der Waals surface area contributed by atoms with Crippen molar-refractivity contribution >= 4 is 23.5 Å². The topological polar surface area (TPSA) is 74.8 Å². The number of nitrogens with one attached hydrogen (secondary N) is 2. The van der Waals surface area contributed by atoms with E-state index in [4.69, 9.17) is 0 Å². The zero-order valence-electron chi connectivity index (χ0n) is 12.4. The van der Waals surface area contributed by atoms with Crippen LogP contribution in [0.4, 0.5) is 14.6 Å². The van der Waals surface area contributed by atoms with E-state index < -0.39 is 29.0 Å². The maximum atomic E-state index is 14.1. The van der Waals surface area contributed by atoms with Crippen LogP contribution in [-0.4, -0.2) is 21.6 Å². The number of rotatable bonds is 4. The van der Waals surface area contributed by atoms with Gasteiger partial charge in [0.15, 0.2) is 16.8 Å². The van der Waals surface area contributed by atoms with Crippen LogP contribution >= 0.6 is 11.8 Å². The lowest BCUT2D eigenvalue weighted by molar-refractivity contribution is -0.116. The van der Waals surface area contributed by atoms with Crippen molar-refractivity contribution in [2.24, 2.45) is 0 Å². The van der Waals surface area contributed by atoms with Crippen LogP contribution in [0.1, 0.15) is 23.5 Å². The van der Waals surface area contributed by atoms with Gasteiger partial charge in [0.2, 0.25) is 5.91 Å². The van der Waals surface area contributed by atoms with E-state index in [-0.39, 0.29) is 23.4 Å². The van der Waals surface area contributed by atoms with Gasteiger partial charge in [0, 0.05) is 18.1 Å². The minimum absolute atomic E-state index is 0.0371. The van der Waals surface area contributed by atoms with E-state index in [1.165, 1.54) is 23.9 Å². The van der Waals surface area contributed by atoms with Crippen LogP contribution in [0.3, 0.4) is 0 Å². The Hall–Kier alpha value is -2.48. The first-order valence-corrected chi connectivity index (χ1v) is 8.11. The summed E-state index contributed by atoms with van der Waals surface area (Å²) in [4.78, 5) is 31.2. The number of aromatic amines is 1. The Morgan fingerprint density at radius 3 is 2.92 bits per heavy atom. The Bertz CT molecular complexity index is 882. The number of amides is 1. The summed E-state index contributed by atoms with van der Waals surface area (Å²) >= 11 is 1.24. The monoisotopic (exact) mass is 349 g/mol. The zero-order chi connectivity index (χ0) is 17.3. The molecule has 0 aliphatic carbocycles. The lowest BCUT2D eigenvalue weighted by Gasteiger charge is -2.24. The summed E-state index contributed by atoms with van der Waals surface area (Å²) in [6.07, 6.45) is 1.49. The van der Waals surface area contributed by atoms with E-state index in [1.807, 2.05) is 0 Å². The van der Waals surface area contributed by atoms with Gasteiger partial charge in [-0.15, -0.1) is 6.58 Å². The van der Waals surface area contributed by atoms with Crippen molar-refractivity contribution in [3.8, 4) is 0 Å². The van der Waals surface area contributed by atoms with Gasteiger partial charge in [0.05, 0.1) is 5.56 Å². The molecule has 0 fully saturated rings. The molecule has 24 heavy (non-hydrogen) atoms. The summed E-state index contributed by atoms with van der Waals surface area (Å²) in [6.45, 7) is 3.58. The van der Waals surface area contributed by atoms with Gasteiger partial charge in [-0.25, -0.2) is 13.8 Å². The highest BCUT2D eigenvalue weighted by atomic mass is 32.2. The van der Waals surface area contributed by atoms with Gasteiger partial charge in [0.1, 0.15) is 5.82 Å². The summed E-state index contributed by atoms with van der Waals surface area (Å²) in [5, 5.41) is 2.84. The SMILES string of the molecule is C=CCSc1nc2c(c(=O)[nH]1)[C@H](c1cccc(F)c1F)CC(=O)N2. The van der Waals surface area contributed by atoms with Gasteiger partial charge in [-0.2, -0.15) is 0 Å². The lowest BCUT2D eigenvalue weighted by Crippen LogP contribution is -2.31. The van der Waals surface area contributed by atoms with Gasteiger partial charge >= 0.3 is 0 Å². The van der Waals surface area contributed by atoms with Gasteiger partial charge in [-0.1, -0.05) is 30.0 Å². The third-order valence-electron chi connectivity index (χ3n) is 3.62. The zero-order valence-corrected chi connectivity index (χ0v) is 13.3.